The molecule has 0 atom stereocenters. The second kappa shape index (κ2) is 8.28. The van der Waals surface area contributed by atoms with Crippen molar-refractivity contribution >= 4 is 0 Å². The number of ether oxygens (including phenoxy) is 2. The van der Waals surface area contributed by atoms with Crippen molar-refractivity contribution in [2.45, 2.75) is 39.5 Å². The number of hydrogen-bond acceptors (Lipinski definition) is 2. The minimum atomic E-state index is 0.116. The van der Waals surface area contributed by atoms with Crippen LogP contribution in [0.5, 0.6) is 5.75 Å². The third-order valence-corrected chi connectivity index (χ3v) is 3.28. The van der Waals surface area contributed by atoms with E-state index in [1.165, 1.54) is 11.1 Å². The van der Waals surface area contributed by atoms with Crippen LogP contribution in [-0.2, 0) is 10.2 Å². The fourth-order valence-electron chi connectivity index (χ4n) is 2.14. The Kier molecular flexibility index (Phi) is 7.03. The fraction of sp³-hybridized carbons (Fsp3) is 0.647. The number of methoxy groups -OCH3 is 1. The summed E-state index contributed by atoms with van der Waals surface area (Å²) < 4.78 is 11.0. The zero-order valence-corrected chi connectivity index (χ0v) is 13.7. The van der Waals surface area contributed by atoms with Crippen molar-refractivity contribution in [3.8, 4) is 5.75 Å². The lowest BCUT2D eigenvalue weighted by Gasteiger charge is -2.23. The quantitative estimate of drug-likeness (QED) is 0.741. The van der Waals surface area contributed by atoms with Crippen LogP contribution >= 0.6 is 0 Å². The Hall–Kier alpha value is -1.06. The van der Waals surface area contributed by atoms with Crippen molar-refractivity contribution in [1.29, 1.82) is 0 Å². The fourth-order valence-corrected chi connectivity index (χ4v) is 2.14. The van der Waals surface area contributed by atoms with E-state index in [0.717, 1.165) is 38.5 Å². The molecular formula is C17H30NO2+. The van der Waals surface area contributed by atoms with Crippen LogP contribution in [0.25, 0.3) is 0 Å². The molecule has 1 aromatic rings. The lowest BCUT2D eigenvalue weighted by Crippen LogP contribution is -2.85. The van der Waals surface area contributed by atoms with Gasteiger partial charge in [0.05, 0.1) is 13.2 Å². The smallest absolute Gasteiger partial charge is 0.137 e. The molecule has 3 heteroatoms. The van der Waals surface area contributed by atoms with Gasteiger partial charge in [0.15, 0.2) is 0 Å². The van der Waals surface area contributed by atoms with Gasteiger partial charge in [0.1, 0.15) is 18.9 Å². The van der Waals surface area contributed by atoms with E-state index in [0.29, 0.717) is 0 Å². The molecule has 0 heterocycles. The number of hydrogen-bond donors (Lipinski definition) is 1. The highest BCUT2D eigenvalue weighted by Gasteiger charge is 2.18. The van der Waals surface area contributed by atoms with Crippen LogP contribution in [0.4, 0.5) is 0 Å². The predicted octanol–water partition coefficient (Wildman–Crippen LogP) is 2.27. The summed E-state index contributed by atoms with van der Waals surface area (Å²) in [4.78, 5) is 0. The van der Waals surface area contributed by atoms with E-state index in [2.05, 4.69) is 51.2 Å². The van der Waals surface area contributed by atoms with Crippen molar-refractivity contribution in [3.05, 3.63) is 29.3 Å². The van der Waals surface area contributed by atoms with E-state index in [-0.39, 0.29) is 5.41 Å². The van der Waals surface area contributed by atoms with Gasteiger partial charge < -0.3 is 14.8 Å². The molecule has 114 valence electrons. The first-order valence-electron chi connectivity index (χ1n) is 7.49. The summed E-state index contributed by atoms with van der Waals surface area (Å²) in [5.41, 5.74) is 2.64. The van der Waals surface area contributed by atoms with Crippen LogP contribution in [0.2, 0.25) is 0 Å². The molecule has 0 amide bonds. The van der Waals surface area contributed by atoms with Gasteiger partial charge in [-0.15, -0.1) is 0 Å². The molecule has 2 N–H and O–H groups in total. The molecule has 0 fully saturated rings. The molecule has 0 aliphatic heterocycles. The van der Waals surface area contributed by atoms with E-state index in [9.17, 15) is 0 Å². The number of rotatable bonds is 8. The molecule has 0 aliphatic carbocycles. The van der Waals surface area contributed by atoms with Crippen molar-refractivity contribution in [3.63, 3.8) is 0 Å². The summed E-state index contributed by atoms with van der Waals surface area (Å²) in [6, 6.07) is 6.49. The summed E-state index contributed by atoms with van der Waals surface area (Å²) in [5.74, 6) is 1.03. The van der Waals surface area contributed by atoms with Crippen LogP contribution in [-0.4, -0.2) is 33.4 Å². The Morgan fingerprint density at radius 2 is 1.85 bits per heavy atom. The highest BCUT2D eigenvalue weighted by atomic mass is 16.5. The van der Waals surface area contributed by atoms with Crippen LogP contribution in [0.3, 0.4) is 0 Å². The molecule has 0 unspecified atom stereocenters. The molecule has 0 saturated carbocycles. The summed E-state index contributed by atoms with van der Waals surface area (Å²) in [7, 11) is 1.74. The molecule has 0 aliphatic rings. The SMILES string of the molecule is COCCC[NH2+]CCOc1cc(C)ccc1C(C)(C)C. The Balaban J connectivity index is 2.45. The standard InChI is InChI=1S/C17H29NO2/c1-14-7-8-15(17(2,3)4)16(13-14)20-12-10-18-9-6-11-19-5/h7-8,13,18H,6,9-12H2,1-5H3/p+1. The van der Waals surface area contributed by atoms with Gasteiger partial charge >= 0.3 is 0 Å². The highest BCUT2D eigenvalue weighted by molar-refractivity contribution is 5.41. The van der Waals surface area contributed by atoms with E-state index >= 15 is 0 Å². The van der Waals surface area contributed by atoms with Crippen molar-refractivity contribution < 1.29 is 14.8 Å². The van der Waals surface area contributed by atoms with Gasteiger partial charge in [-0.25, -0.2) is 0 Å². The Morgan fingerprint density at radius 3 is 2.50 bits per heavy atom. The molecule has 0 saturated heterocycles. The molecule has 0 spiro atoms. The number of quaternary nitrogens is 1. The molecular weight excluding hydrogens is 250 g/mol. The van der Waals surface area contributed by atoms with Gasteiger partial charge in [0.2, 0.25) is 0 Å². The zero-order valence-electron chi connectivity index (χ0n) is 13.7. The molecule has 1 aromatic carbocycles. The van der Waals surface area contributed by atoms with Crippen LogP contribution in [0.1, 0.15) is 38.3 Å². The number of aryl methyl sites for hydroxylation is 1. The Bertz CT molecular complexity index is 396. The van der Waals surface area contributed by atoms with Gasteiger partial charge in [0, 0.05) is 13.5 Å². The number of benzene rings is 1. The average Bonchev–Trinajstić information content (AvgIpc) is 2.36. The third kappa shape index (κ3) is 5.93. The lowest BCUT2D eigenvalue weighted by atomic mass is 9.86. The van der Waals surface area contributed by atoms with Crippen LogP contribution in [0.15, 0.2) is 18.2 Å². The lowest BCUT2D eigenvalue weighted by molar-refractivity contribution is -0.655. The molecule has 0 aromatic heterocycles. The van der Waals surface area contributed by atoms with E-state index < -0.39 is 0 Å². The highest BCUT2D eigenvalue weighted by Crippen LogP contribution is 2.31. The molecule has 1 rings (SSSR count). The maximum Gasteiger partial charge on any atom is 0.137 e. The van der Waals surface area contributed by atoms with Gasteiger partial charge in [-0.1, -0.05) is 32.9 Å². The first-order chi connectivity index (χ1) is 9.45. The molecule has 0 bridgehead atoms. The summed E-state index contributed by atoms with van der Waals surface area (Å²) in [6.45, 7) is 12.4. The maximum atomic E-state index is 5.99. The Labute approximate surface area is 123 Å². The van der Waals surface area contributed by atoms with Crippen LogP contribution in [0, 0.1) is 6.92 Å². The second-order valence-corrected chi connectivity index (χ2v) is 6.31. The maximum absolute atomic E-state index is 5.99. The van der Waals surface area contributed by atoms with Gasteiger partial charge in [-0.05, 0) is 29.5 Å². The third-order valence-electron chi connectivity index (χ3n) is 3.28. The van der Waals surface area contributed by atoms with Crippen molar-refractivity contribution in [2.24, 2.45) is 0 Å². The van der Waals surface area contributed by atoms with Gasteiger partial charge in [-0.3, -0.25) is 0 Å². The van der Waals surface area contributed by atoms with Crippen LogP contribution < -0.4 is 10.1 Å². The molecule has 3 nitrogen and oxygen atoms in total. The monoisotopic (exact) mass is 280 g/mol. The normalized spacial score (nSPS) is 11.7. The minimum Gasteiger partial charge on any atom is -0.487 e. The summed E-state index contributed by atoms with van der Waals surface area (Å²) in [6.07, 6.45) is 1.09. The van der Waals surface area contributed by atoms with Crippen molar-refractivity contribution in [2.75, 3.05) is 33.4 Å². The average molecular weight is 280 g/mol. The van der Waals surface area contributed by atoms with Crippen molar-refractivity contribution in [1.82, 2.24) is 0 Å². The Morgan fingerprint density at radius 1 is 1.10 bits per heavy atom. The van der Waals surface area contributed by atoms with E-state index in [1.807, 2.05) is 0 Å². The summed E-state index contributed by atoms with van der Waals surface area (Å²) >= 11 is 0. The topological polar surface area (TPSA) is 35.1 Å². The van der Waals surface area contributed by atoms with Gasteiger partial charge in [-0.2, -0.15) is 0 Å². The second-order valence-electron chi connectivity index (χ2n) is 6.31. The first kappa shape index (κ1) is 17.0. The molecule has 0 radical (unpaired) electrons. The number of nitrogens with two attached hydrogens (primary N) is 1. The minimum absolute atomic E-state index is 0.116. The first-order valence-corrected chi connectivity index (χ1v) is 7.49. The summed E-state index contributed by atoms with van der Waals surface area (Å²) in [5, 5.41) is 2.28. The largest absolute Gasteiger partial charge is 0.487 e. The van der Waals surface area contributed by atoms with Gasteiger partial charge in [0.25, 0.3) is 0 Å². The predicted molar refractivity (Wildman–Crippen MR) is 83.5 cm³/mol. The molecule has 20 heavy (non-hydrogen) atoms. The zero-order chi connectivity index (χ0) is 15.0. The van der Waals surface area contributed by atoms with E-state index in [1.54, 1.807) is 7.11 Å². The van der Waals surface area contributed by atoms with E-state index in [4.69, 9.17) is 9.47 Å².